The van der Waals surface area contributed by atoms with E-state index >= 15 is 0 Å². The fourth-order valence-electron chi connectivity index (χ4n) is 2.15. The zero-order valence-electron chi connectivity index (χ0n) is 9.93. The highest BCUT2D eigenvalue weighted by atomic mass is 16.5. The lowest BCUT2D eigenvalue weighted by molar-refractivity contribution is -0.124. The highest BCUT2D eigenvalue weighted by Gasteiger charge is 2.23. The molecule has 1 N–H and O–H groups in total. The lowest BCUT2D eigenvalue weighted by Crippen LogP contribution is -2.26. The van der Waals surface area contributed by atoms with Crippen molar-refractivity contribution in [2.45, 2.75) is 18.9 Å². The smallest absolute Gasteiger partial charge is 0.253 e. The Morgan fingerprint density at radius 3 is 3.11 bits per heavy atom. The maximum Gasteiger partial charge on any atom is 0.253 e. The van der Waals surface area contributed by atoms with Crippen molar-refractivity contribution in [2.24, 2.45) is 0 Å². The van der Waals surface area contributed by atoms with E-state index in [0.29, 0.717) is 12.3 Å². The number of amides is 1. The minimum absolute atomic E-state index is 0.0791. The zero-order valence-corrected chi connectivity index (χ0v) is 9.93. The molecule has 1 aromatic carbocycles. The molecular formula is C14H14N2O2. The number of para-hydroxylation sites is 1. The van der Waals surface area contributed by atoms with E-state index in [1.165, 1.54) is 0 Å². The number of aromatic nitrogens is 1. The van der Waals surface area contributed by atoms with E-state index < -0.39 is 0 Å². The number of ether oxygens (including phenoxy) is 1. The molecule has 1 fully saturated rings. The minimum atomic E-state index is -0.309. The Morgan fingerprint density at radius 2 is 2.28 bits per heavy atom. The fourth-order valence-corrected chi connectivity index (χ4v) is 2.15. The van der Waals surface area contributed by atoms with Crippen LogP contribution in [0, 0.1) is 0 Å². The summed E-state index contributed by atoms with van der Waals surface area (Å²) in [5, 5.41) is 3.87. The summed E-state index contributed by atoms with van der Waals surface area (Å²) in [7, 11) is 0. The van der Waals surface area contributed by atoms with Gasteiger partial charge < -0.3 is 10.1 Å². The van der Waals surface area contributed by atoms with E-state index in [0.717, 1.165) is 23.7 Å². The summed E-state index contributed by atoms with van der Waals surface area (Å²) in [5.74, 6) is -0.0791. The van der Waals surface area contributed by atoms with Gasteiger partial charge in [0.2, 0.25) is 0 Å². The Bertz CT molecular complexity index is 577. The molecule has 0 unspecified atom stereocenters. The molecule has 1 aliphatic rings. The monoisotopic (exact) mass is 242 g/mol. The van der Waals surface area contributed by atoms with E-state index in [9.17, 15) is 4.79 Å². The first-order chi connectivity index (χ1) is 8.83. The van der Waals surface area contributed by atoms with Gasteiger partial charge in [-0.2, -0.15) is 0 Å². The van der Waals surface area contributed by atoms with Gasteiger partial charge in [0.15, 0.2) is 0 Å². The van der Waals surface area contributed by atoms with Gasteiger partial charge in [0.1, 0.15) is 6.10 Å². The second-order valence-corrected chi connectivity index (χ2v) is 4.41. The number of carbonyl (C=O) groups excluding carboxylic acids is 1. The van der Waals surface area contributed by atoms with Crippen LogP contribution in [0.3, 0.4) is 0 Å². The van der Waals surface area contributed by atoms with Crippen LogP contribution >= 0.6 is 0 Å². The van der Waals surface area contributed by atoms with E-state index in [1.54, 1.807) is 6.20 Å². The van der Waals surface area contributed by atoms with Gasteiger partial charge in [-0.25, -0.2) is 0 Å². The standard InChI is InChI=1S/C14H14N2O2/c17-14(13-6-3-7-18-13)16-11-8-10-4-1-2-5-12(10)15-9-11/h1-2,4-5,8-9,13H,3,6-7H2,(H,16,17)/t13-/m1/s1. The molecule has 1 aliphatic heterocycles. The van der Waals surface area contributed by atoms with E-state index in [-0.39, 0.29) is 12.0 Å². The molecule has 2 heterocycles. The van der Waals surface area contributed by atoms with Gasteiger partial charge in [0.05, 0.1) is 17.4 Å². The van der Waals surface area contributed by atoms with Crippen molar-refractivity contribution in [1.29, 1.82) is 0 Å². The molecule has 0 bridgehead atoms. The number of nitrogens with one attached hydrogen (secondary N) is 1. The summed E-state index contributed by atoms with van der Waals surface area (Å²) in [6, 6.07) is 9.75. The van der Waals surface area contributed by atoms with Gasteiger partial charge in [-0.1, -0.05) is 18.2 Å². The summed E-state index contributed by atoms with van der Waals surface area (Å²) >= 11 is 0. The molecular weight excluding hydrogens is 228 g/mol. The molecule has 0 spiro atoms. The third-order valence-corrected chi connectivity index (χ3v) is 3.08. The van der Waals surface area contributed by atoms with Gasteiger partial charge in [0.25, 0.3) is 5.91 Å². The van der Waals surface area contributed by atoms with Crippen molar-refractivity contribution in [2.75, 3.05) is 11.9 Å². The van der Waals surface area contributed by atoms with Crippen LogP contribution in [0.25, 0.3) is 10.9 Å². The van der Waals surface area contributed by atoms with Crippen molar-refractivity contribution in [3.63, 3.8) is 0 Å². The molecule has 2 aromatic rings. The lowest BCUT2D eigenvalue weighted by Gasteiger charge is -2.10. The largest absolute Gasteiger partial charge is 0.368 e. The molecule has 1 aromatic heterocycles. The average molecular weight is 242 g/mol. The third-order valence-electron chi connectivity index (χ3n) is 3.08. The van der Waals surface area contributed by atoms with Crippen molar-refractivity contribution < 1.29 is 9.53 Å². The Balaban J connectivity index is 1.79. The van der Waals surface area contributed by atoms with Gasteiger partial charge in [-0.3, -0.25) is 9.78 Å². The van der Waals surface area contributed by atoms with Crippen LogP contribution in [0.15, 0.2) is 36.5 Å². The first-order valence-electron chi connectivity index (χ1n) is 6.10. The van der Waals surface area contributed by atoms with Crippen molar-refractivity contribution >= 4 is 22.5 Å². The first-order valence-corrected chi connectivity index (χ1v) is 6.10. The number of fused-ring (bicyclic) bond motifs is 1. The SMILES string of the molecule is O=C(Nc1cnc2ccccc2c1)[C@H]1CCCO1. The molecule has 1 amide bonds. The van der Waals surface area contributed by atoms with Crippen molar-refractivity contribution in [1.82, 2.24) is 4.98 Å². The van der Waals surface area contributed by atoms with Gasteiger partial charge >= 0.3 is 0 Å². The average Bonchev–Trinajstić information content (AvgIpc) is 2.92. The Labute approximate surface area is 105 Å². The molecule has 92 valence electrons. The van der Waals surface area contributed by atoms with Crippen molar-refractivity contribution in [3.8, 4) is 0 Å². The summed E-state index contributed by atoms with van der Waals surface area (Å²) < 4.78 is 5.34. The topological polar surface area (TPSA) is 51.2 Å². The molecule has 4 nitrogen and oxygen atoms in total. The van der Waals surface area contributed by atoms with Crippen molar-refractivity contribution in [3.05, 3.63) is 36.5 Å². The maximum absolute atomic E-state index is 11.9. The predicted molar refractivity (Wildman–Crippen MR) is 69.3 cm³/mol. The Hall–Kier alpha value is -1.94. The number of nitrogens with zero attached hydrogens (tertiary/aromatic N) is 1. The summed E-state index contributed by atoms with van der Waals surface area (Å²) in [4.78, 5) is 16.2. The predicted octanol–water partition coefficient (Wildman–Crippen LogP) is 2.35. The number of carbonyl (C=O) groups is 1. The summed E-state index contributed by atoms with van der Waals surface area (Å²) in [6.45, 7) is 0.675. The summed E-state index contributed by atoms with van der Waals surface area (Å²) in [5.41, 5.74) is 1.64. The van der Waals surface area contributed by atoms with Gasteiger partial charge in [-0.15, -0.1) is 0 Å². The van der Waals surface area contributed by atoms with Crippen LogP contribution in [0.5, 0.6) is 0 Å². The zero-order chi connectivity index (χ0) is 12.4. The normalized spacial score (nSPS) is 19.0. The molecule has 18 heavy (non-hydrogen) atoms. The Morgan fingerprint density at radius 1 is 1.39 bits per heavy atom. The highest BCUT2D eigenvalue weighted by Crippen LogP contribution is 2.18. The van der Waals surface area contributed by atoms with E-state index in [2.05, 4.69) is 10.3 Å². The summed E-state index contributed by atoms with van der Waals surface area (Å²) in [6.07, 6.45) is 3.12. The van der Waals surface area contributed by atoms with Crippen LogP contribution < -0.4 is 5.32 Å². The molecule has 0 aliphatic carbocycles. The quantitative estimate of drug-likeness (QED) is 0.879. The fraction of sp³-hybridized carbons (Fsp3) is 0.286. The molecule has 0 saturated carbocycles. The Kier molecular flexibility index (Phi) is 2.94. The second kappa shape index (κ2) is 4.74. The number of rotatable bonds is 2. The number of benzene rings is 1. The number of hydrogen-bond acceptors (Lipinski definition) is 3. The van der Waals surface area contributed by atoms with Crippen LogP contribution in [0.4, 0.5) is 5.69 Å². The number of anilines is 1. The van der Waals surface area contributed by atoms with Crippen LogP contribution in [-0.2, 0) is 9.53 Å². The molecule has 1 atom stereocenters. The number of hydrogen-bond donors (Lipinski definition) is 1. The molecule has 0 radical (unpaired) electrons. The van der Waals surface area contributed by atoms with Gasteiger partial charge in [0, 0.05) is 12.0 Å². The van der Waals surface area contributed by atoms with Gasteiger partial charge in [-0.05, 0) is 25.0 Å². The highest BCUT2D eigenvalue weighted by molar-refractivity contribution is 5.95. The van der Waals surface area contributed by atoms with Crippen LogP contribution in [0.1, 0.15) is 12.8 Å². The maximum atomic E-state index is 11.9. The number of pyridine rings is 1. The third kappa shape index (κ3) is 2.19. The lowest BCUT2D eigenvalue weighted by atomic mass is 10.2. The molecule has 4 heteroatoms. The van der Waals surface area contributed by atoms with E-state index in [1.807, 2.05) is 30.3 Å². The van der Waals surface area contributed by atoms with Crippen LogP contribution in [-0.4, -0.2) is 23.6 Å². The molecule has 1 saturated heterocycles. The van der Waals surface area contributed by atoms with Crippen LogP contribution in [0.2, 0.25) is 0 Å². The second-order valence-electron chi connectivity index (χ2n) is 4.41. The molecule has 3 rings (SSSR count). The minimum Gasteiger partial charge on any atom is -0.368 e. The van der Waals surface area contributed by atoms with E-state index in [4.69, 9.17) is 4.74 Å². The first kappa shape index (κ1) is 11.2.